The Hall–Kier alpha value is -0.120. The Kier molecular flexibility index (Phi) is 6.41. The standard InChI is InChI=1S/C28H50O3/c1-19(10-12-25(2,30)16-17-29)22-8-9-23-21-7-6-20-18-26(3,31)14-15-27(20,4)24(21)11-13-28(22,23)5/h19-24,29-31H,6-18H2,1-5H3/t19-,20+,21?,22-,23+,24+,25?,26+,27+,28-/m1/s1. The van der Waals surface area contributed by atoms with Crippen LogP contribution in [0.4, 0.5) is 0 Å². The molecule has 3 heteroatoms. The van der Waals surface area contributed by atoms with Crippen molar-refractivity contribution in [2.24, 2.45) is 46.3 Å². The van der Waals surface area contributed by atoms with Crippen molar-refractivity contribution in [1.29, 1.82) is 0 Å². The van der Waals surface area contributed by atoms with Gasteiger partial charge in [0.2, 0.25) is 0 Å². The van der Waals surface area contributed by atoms with Crippen molar-refractivity contribution in [3.63, 3.8) is 0 Å². The van der Waals surface area contributed by atoms with Gasteiger partial charge < -0.3 is 15.3 Å². The molecule has 4 fully saturated rings. The van der Waals surface area contributed by atoms with Crippen molar-refractivity contribution in [3.05, 3.63) is 0 Å². The Balaban J connectivity index is 1.45. The molecule has 10 atom stereocenters. The number of hydrogen-bond donors (Lipinski definition) is 3. The average molecular weight is 435 g/mol. The maximum Gasteiger partial charge on any atom is 0.0641 e. The normalized spacial score (nSPS) is 50.1. The Bertz CT molecular complexity index is 642. The van der Waals surface area contributed by atoms with Crippen LogP contribution >= 0.6 is 0 Å². The number of hydrogen-bond acceptors (Lipinski definition) is 3. The van der Waals surface area contributed by atoms with E-state index in [4.69, 9.17) is 0 Å². The topological polar surface area (TPSA) is 60.7 Å². The molecule has 4 aliphatic carbocycles. The Morgan fingerprint density at radius 3 is 2.32 bits per heavy atom. The van der Waals surface area contributed by atoms with Crippen LogP contribution in [0.5, 0.6) is 0 Å². The van der Waals surface area contributed by atoms with Crippen molar-refractivity contribution in [3.8, 4) is 0 Å². The monoisotopic (exact) mass is 434 g/mol. The Morgan fingerprint density at radius 1 is 0.903 bits per heavy atom. The van der Waals surface area contributed by atoms with Crippen molar-refractivity contribution in [1.82, 2.24) is 0 Å². The van der Waals surface area contributed by atoms with E-state index in [0.717, 1.165) is 49.4 Å². The van der Waals surface area contributed by atoms with Gasteiger partial charge in [-0.2, -0.15) is 0 Å². The highest BCUT2D eigenvalue weighted by Crippen LogP contribution is 2.68. The van der Waals surface area contributed by atoms with E-state index in [2.05, 4.69) is 27.7 Å². The molecule has 0 aliphatic heterocycles. The summed E-state index contributed by atoms with van der Waals surface area (Å²) in [6, 6.07) is 0. The Labute approximate surface area is 191 Å². The van der Waals surface area contributed by atoms with Crippen molar-refractivity contribution in [2.45, 2.75) is 123 Å². The summed E-state index contributed by atoms with van der Waals surface area (Å²) in [6.45, 7) is 11.7. The number of rotatable bonds is 6. The summed E-state index contributed by atoms with van der Waals surface area (Å²) in [7, 11) is 0. The lowest BCUT2D eigenvalue weighted by molar-refractivity contribution is -0.148. The van der Waals surface area contributed by atoms with Crippen LogP contribution in [0.2, 0.25) is 0 Å². The maximum absolute atomic E-state index is 10.7. The van der Waals surface area contributed by atoms with Gasteiger partial charge in [-0.05, 0) is 137 Å². The summed E-state index contributed by atoms with van der Waals surface area (Å²) >= 11 is 0. The number of fused-ring (bicyclic) bond motifs is 5. The first kappa shape index (κ1) is 24.0. The molecule has 180 valence electrons. The average Bonchev–Trinajstić information content (AvgIpc) is 3.04. The highest BCUT2D eigenvalue weighted by Gasteiger charge is 2.61. The van der Waals surface area contributed by atoms with E-state index < -0.39 is 11.2 Å². The van der Waals surface area contributed by atoms with Gasteiger partial charge in [0.05, 0.1) is 11.2 Å². The molecular weight excluding hydrogens is 384 g/mol. The summed E-state index contributed by atoms with van der Waals surface area (Å²) < 4.78 is 0. The molecule has 4 rings (SSSR count). The molecule has 0 heterocycles. The fourth-order valence-electron chi connectivity index (χ4n) is 9.51. The molecule has 4 aliphatic rings. The zero-order valence-electron chi connectivity index (χ0n) is 21.0. The highest BCUT2D eigenvalue weighted by molar-refractivity contribution is 5.10. The third kappa shape index (κ3) is 4.26. The van der Waals surface area contributed by atoms with Crippen molar-refractivity contribution in [2.75, 3.05) is 6.61 Å². The fraction of sp³-hybridized carbons (Fsp3) is 1.00. The largest absolute Gasteiger partial charge is 0.396 e. The molecule has 0 spiro atoms. The molecule has 31 heavy (non-hydrogen) atoms. The van der Waals surface area contributed by atoms with Crippen LogP contribution in [0.3, 0.4) is 0 Å². The molecule has 0 aromatic heterocycles. The van der Waals surface area contributed by atoms with Crippen LogP contribution in [-0.4, -0.2) is 33.1 Å². The summed E-state index contributed by atoms with van der Waals surface area (Å²) in [5.74, 6) is 4.76. The second kappa shape index (κ2) is 8.27. The molecule has 4 saturated carbocycles. The zero-order chi connectivity index (χ0) is 22.7. The predicted molar refractivity (Wildman–Crippen MR) is 127 cm³/mol. The van der Waals surface area contributed by atoms with Crippen LogP contribution in [0.25, 0.3) is 0 Å². The second-order valence-corrected chi connectivity index (χ2v) is 13.6. The lowest BCUT2D eigenvalue weighted by Gasteiger charge is -2.62. The van der Waals surface area contributed by atoms with Gasteiger partial charge in [0.25, 0.3) is 0 Å². The van der Waals surface area contributed by atoms with Crippen LogP contribution in [0, 0.1) is 46.3 Å². The van der Waals surface area contributed by atoms with E-state index >= 15 is 0 Å². The highest BCUT2D eigenvalue weighted by atomic mass is 16.3. The van der Waals surface area contributed by atoms with Crippen molar-refractivity contribution >= 4 is 0 Å². The van der Waals surface area contributed by atoms with Gasteiger partial charge in [-0.15, -0.1) is 0 Å². The van der Waals surface area contributed by atoms with E-state index in [-0.39, 0.29) is 6.61 Å². The first-order valence-corrected chi connectivity index (χ1v) is 13.5. The fourth-order valence-corrected chi connectivity index (χ4v) is 9.51. The van der Waals surface area contributed by atoms with Gasteiger partial charge in [-0.3, -0.25) is 0 Å². The van der Waals surface area contributed by atoms with E-state index in [1.807, 2.05) is 6.92 Å². The minimum atomic E-state index is -0.727. The summed E-state index contributed by atoms with van der Waals surface area (Å²) in [5, 5.41) is 30.5. The first-order chi connectivity index (χ1) is 14.4. The van der Waals surface area contributed by atoms with Gasteiger partial charge >= 0.3 is 0 Å². The number of aliphatic hydroxyl groups is 3. The van der Waals surface area contributed by atoms with E-state index in [0.29, 0.717) is 29.1 Å². The van der Waals surface area contributed by atoms with Crippen LogP contribution in [-0.2, 0) is 0 Å². The van der Waals surface area contributed by atoms with Gasteiger partial charge in [0.1, 0.15) is 0 Å². The Morgan fingerprint density at radius 2 is 1.61 bits per heavy atom. The molecule has 0 aromatic rings. The summed E-state index contributed by atoms with van der Waals surface area (Å²) in [6.07, 6.45) is 13.8. The predicted octanol–water partition coefficient (Wildman–Crippen LogP) is 5.95. The third-order valence-corrected chi connectivity index (χ3v) is 11.5. The van der Waals surface area contributed by atoms with Gasteiger partial charge in [-0.25, -0.2) is 0 Å². The van der Waals surface area contributed by atoms with Crippen LogP contribution in [0.15, 0.2) is 0 Å². The molecule has 0 saturated heterocycles. The number of aliphatic hydroxyl groups excluding tert-OH is 1. The smallest absolute Gasteiger partial charge is 0.0641 e. The molecule has 3 nitrogen and oxygen atoms in total. The van der Waals surface area contributed by atoms with Gasteiger partial charge in [0, 0.05) is 6.61 Å². The lowest BCUT2D eigenvalue weighted by Crippen LogP contribution is -2.55. The van der Waals surface area contributed by atoms with E-state index in [1.54, 1.807) is 0 Å². The first-order valence-electron chi connectivity index (χ1n) is 13.5. The van der Waals surface area contributed by atoms with E-state index in [9.17, 15) is 15.3 Å². The molecular formula is C28H50O3. The molecule has 0 bridgehead atoms. The second-order valence-electron chi connectivity index (χ2n) is 13.6. The minimum absolute atomic E-state index is 0.0723. The van der Waals surface area contributed by atoms with Crippen molar-refractivity contribution < 1.29 is 15.3 Å². The SMILES string of the molecule is C[C@H](CCC(C)(O)CCO)[C@H]1CC[C@H]2C3CC[C@H]4C[C@@](C)(O)CC[C@]4(C)[C@H]3CC[C@]12C. The molecule has 0 radical (unpaired) electrons. The maximum atomic E-state index is 10.7. The molecule has 3 N–H and O–H groups in total. The lowest BCUT2D eigenvalue weighted by atomic mass is 9.43. The van der Waals surface area contributed by atoms with Gasteiger partial charge in [0.15, 0.2) is 0 Å². The molecule has 2 unspecified atom stereocenters. The summed E-state index contributed by atoms with van der Waals surface area (Å²) in [4.78, 5) is 0. The van der Waals surface area contributed by atoms with Crippen LogP contribution < -0.4 is 0 Å². The molecule has 0 amide bonds. The third-order valence-electron chi connectivity index (χ3n) is 11.5. The van der Waals surface area contributed by atoms with E-state index in [1.165, 1.54) is 44.9 Å². The van der Waals surface area contributed by atoms with Crippen LogP contribution in [0.1, 0.15) is 112 Å². The minimum Gasteiger partial charge on any atom is -0.396 e. The van der Waals surface area contributed by atoms with Gasteiger partial charge in [-0.1, -0.05) is 20.8 Å². The molecule has 0 aromatic carbocycles. The zero-order valence-corrected chi connectivity index (χ0v) is 21.0. The summed E-state index contributed by atoms with van der Waals surface area (Å²) in [5.41, 5.74) is -0.258. The quantitative estimate of drug-likeness (QED) is 0.484.